The fourth-order valence-electron chi connectivity index (χ4n) is 0.0186. The monoisotopic (exact) mass is 206 g/mol. The third kappa shape index (κ3) is 3.09. The molecule has 0 saturated heterocycles. The molecule has 2 nitrogen and oxygen atoms in total. The topological polar surface area (TPSA) is 32.3 Å². The van der Waals surface area contributed by atoms with Crippen LogP contribution in [0.5, 0.6) is 0 Å². The van der Waals surface area contributed by atoms with Gasteiger partial charge in [0.15, 0.2) is 0 Å². The molecule has 0 aliphatic carbocycles. The molecule has 0 amide bonds. The maximum atomic E-state index is 7.92. The Hall–Kier alpha value is 0.888. The van der Waals surface area contributed by atoms with Gasteiger partial charge in [-0.3, -0.25) is 0 Å². The molecule has 0 unspecified atom stereocenters. The summed E-state index contributed by atoms with van der Waals surface area (Å²) in [4.78, 5) is 0. The Morgan fingerprint density at radius 2 is 2.50 bits per heavy atom. The van der Waals surface area contributed by atoms with E-state index in [1.807, 2.05) is 5.48 Å². The van der Waals surface area contributed by atoms with Crippen LogP contribution in [0.1, 0.15) is 0 Å². The van der Waals surface area contributed by atoms with Gasteiger partial charge in [0, 0.05) is 0 Å². The zero-order valence-corrected chi connectivity index (χ0v) is 6.31. The zero-order chi connectivity index (χ0) is 4.99. The molecule has 35 valence electrons. The molecule has 0 heterocycles. The minimum atomic E-state index is 0.403. The number of rotatable bonds is 0. The van der Waals surface area contributed by atoms with Crippen LogP contribution in [-0.4, -0.2) is 9.53 Å². The van der Waals surface area contributed by atoms with E-state index >= 15 is 0 Å². The van der Waals surface area contributed by atoms with Crippen LogP contribution < -0.4 is 5.48 Å². The zero-order valence-electron chi connectivity index (χ0n) is 2.67. The summed E-state index contributed by atoms with van der Waals surface area (Å²) in [6.07, 6.45) is 0. The molecule has 0 fully saturated rings. The van der Waals surface area contributed by atoms with Gasteiger partial charge in [0.2, 0.25) is 0 Å². The summed E-state index contributed by atoms with van der Waals surface area (Å²) in [6, 6.07) is 0. The van der Waals surface area contributed by atoms with Crippen LogP contribution in [0.15, 0.2) is 0 Å². The third-order valence-corrected chi connectivity index (χ3v) is 2.82. The van der Waals surface area contributed by atoms with Crippen molar-refractivity contribution in [2.45, 2.75) is 0 Å². The Bertz CT molecular complexity index is 51.5. The van der Waals surface area contributed by atoms with E-state index in [1.54, 1.807) is 18.5 Å². The van der Waals surface area contributed by atoms with Gasteiger partial charge in [-0.05, 0) is 0 Å². The Labute approximate surface area is 55.2 Å². The molecule has 6 heavy (non-hydrogen) atoms. The third-order valence-electron chi connectivity index (χ3n) is 0.167. The molecule has 0 aliphatic rings. The molecule has 0 aliphatic heterocycles. The van der Waals surface area contributed by atoms with Gasteiger partial charge in [-0.25, -0.2) is 0 Å². The Kier molecular flexibility index (Phi) is 4.66. The molecule has 0 bridgehead atoms. The average Bonchev–Trinajstić information content (AvgIpc) is 1.65. The van der Waals surface area contributed by atoms with Crippen molar-refractivity contribution in [1.82, 2.24) is 5.48 Å². The van der Waals surface area contributed by atoms with E-state index in [0.717, 1.165) is 0 Å². The first-order chi connectivity index (χ1) is 2.81. The molecule has 2 N–H and O–H groups in total. The van der Waals surface area contributed by atoms with E-state index in [1.165, 1.54) is 9.47 Å². The number of hydrogen-bond acceptors (Lipinski definition) is 3. The van der Waals surface area contributed by atoms with Crippen molar-refractivity contribution in [3.8, 4) is 0 Å². The van der Waals surface area contributed by atoms with E-state index in [0.29, 0.717) is 4.32 Å². The normalized spacial score (nSPS) is 7.50. The molecule has 0 atom stereocenters. The summed E-state index contributed by atoms with van der Waals surface area (Å²) >= 11 is 6.18. The molecule has 5 heteroatoms. The van der Waals surface area contributed by atoms with Gasteiger partial charge in [-0.1, -0.05) is 0 Å². The van der Waals surface area contributed by atoms with Gasteiger partial charge in [0.05, 0.1) is 0 Å². The summed E-state index contributed by atoms with van der Waals surface area (Å²) in [6.45, 7) is 0. The molecular formula is CH2MoNOS2. The fourth-order valence-corrected chi connectivity index (χ4v) is 0.331. The van der Waals surface area contributed by atoms with Crippen molar-refractivity contribution in [3.63, 3.8) is 0 Å². The van der Waals surface area contributed by atoms with Crippen molar-refractivity contribution in [3.05, 3.63) is 0 Å². The van der Waals surface area contributed by atoms with Crippen LogP contribution in [-0.2, 0) is 18.5 Å². The van der Waals surface area contributed by atoms with Gasteiger partial charge in [0.25, 0.3) is 0 Å². The molecule has 0 radical (unpaired) electrons. The van der Waals surface area contributed by atoms with Gasteiger partial charge >= 0.3 is 55.2 Å². The first-order valence-corrected chi connectivity index (χ1v) is 4.66. The summed E-state index contributed by atoms with van der Waals surface area (Å²) in [7, 11) is 1.31. The van der Waals surface area contributed by atoms with Gasteiger partial charge in [-0.2, -0.15) is 0 Å². The van der Waals surface area contributed by atoms with Gasteiger partial charge in [-0.15, -0.1) is 0 Å². The summed E-state index contributed by atoms with van der Waals surface area (Å²) in [5.41, 5.74) is 1.81. The Balaban J connectivity index is 2.99. The summed E-state index contributed by atoms with van der Waals surface area (Å²) in [5, 5.41) is 7.92. The quantitative estimate of drug-likeness (QED) is 0.341. The predicted molar refractivity (Wildman–Crippen MR) is 25.1 cm³/mol. The summed E-state index contributed by atoms with van der Waals surface area (Å²) in [5.74, 6) is 0. The second kappa shape index (κ2) is 4.06. The predicted octanol–water partition coefficient (Wildman–Crippen LogP) is 0.445. The number of thiocarbonyl (C=S) groups is 1. The van der Waals surface area contributed by atoms with Crippen LogP contribution in [0, 0.1) is 0 Å². The molecule has 0 saturated carbocycles. The number of nitrogens with one attached hydrogen (secondary N) is 1. The standard InChI is InChI=1S/CH3NOS2.Mo/c3-2-1(4)5;/h3H,(H2,2,4,5);/q;+1/p-1. The van der Waals surface area contributed by atoms with Gasteiger partial charge < -0.3 is 0 Å². The molecule has 0 aromatic rings. The Morgan fingerprint density at radius 1 is 2.00 bits per heavy atom. The fraction of sp³-hybridized carbons (Fsp3) is 0. The van der Waals surface area contributed by atoms with Crippen LogP contribution in [0.2, 0.25) is 0 Å². The van der Waals surface area contributed by atoms with Crippen LogP contribution >= 0.6 is 21.7 Å². The first kappa shape index (κ1) is 6.89. The second-order valence-electron chi connectivity index (χ2n) is 0.483. The van der Waals surface area contributed by atoms with Crippen LogP contribution in [0.4, 0.5) is 0 Å². The molecule has 0 aromatic carbocycles. The molecule has 0 spiro atoms. The number of hydrogen-bond donors (Lipinski definition) is 2. The van der Waals surface area contributed by atoms with Crippen LogP contribution in [0.25, 0.3) is 0 Å². The van der Waals surface area contributed by atoms with E-state index < -0.39 is 0 Å². The average molecular weight is 204 g/mol. The van der Waals surface area contributed by atoms with Crippen LogP contribution in [0.3, 0.4) is 0 Å². The van der Waals surface area contributed by atoms with E-state index in [2.05, 4.69) is 12.2 Å². The van der Waals surface area contributed by atoms with Gasteiger partial charge in [0.1, 0.15) is 0 Å². The summed E-state index contributed by atoms with van der Waals surface area (Å²) < 4.78 is 0.403. The molecular weight excluding hydrogens is 202 g/mol. The number of hydroxylamine groups is 1. The SMILES string of the molecule is ONC(=S)[S][Mo]. The van der Waals surface area contributed by atoms with Crippen molar-refractivity contribution < 1.29 is 23.7 Å². The first-order valence-electron chi connectivity index (χ1n) is 1.05. The maximum absolute atomic E-state index is 7.92. The van der Waals surface area contributed by atoms with E-state index in [-0.39, 0.29) is 0 Å². The van der Waals surface area contributed by atoms with Crippen molar-refractivity contribution in [1.29, 1.82) is 0 Å². The van der Waals surface area contributed by atoms with E-state index in [9.17, 15) is 0 Å². The Morgan fingerprint density at radius 3 is 2.50 bits per heavy atom. The molecule has 0 rings (SSSR count). The molecule has 0 aromatic heterocycles. The second-order valence-corrected chi connectivity index (χ2v) is 2.95. The van der Waals surface area contributed by atoms with Crippen molar-refractivity contribution >= 4 is 26.0 Å². The van der Waals surface area contributed by atoms with Crippen molar-refractivity contribution in [2.24, 2.45) is 0 Å². The minimum absolute atomic E-state index is 0.403. The van der Waals surface area contributed by atoms with E-state index in [4.69, 9.17) is 5.21 Å². The van der Waals surface area contributed by atoms with Crippen molar-refractivity contribution in [2.75, 3.05) is 0 Å².